The third-order valence-electron chi connectivity index (χ3n) is 2.44. The predicted octanol–water partition coefficient (Wildman–Crippen LogP) is 0.870. The van der Waals surface area contributed by atoms with Gasteiger partial charge in [-0.1, -0.05) is 0 Å². The van der Waals surface area contributed by atoms with E-state index in [-0.39, 0.29) is 11.4 Å². The first kappa shape index (κ1) is 14.0. The lowest BCUT2D eigenvalue weighted by Crippen LogP contribution is -2.08. The molecule has 108 valence electrons. The molecule has 0 radical (unpaired) electrons. The molecule has 0 saturated carbocycles. The van der Waals surface area contributed by atoms with Crippen molar-refractivity contribution in [1.29, 1.82) is 0 Å². The highest BCUT2D eigenvalue weighted by atomic mass is 16.6. The molecule has 11 nitrogen and oxygen atoms in total. The summed E-state index contributed by atoms with van der Waals surface area (Å²) in [4.78, 5) is 35.2. The number of nitrogens with zero attached hydrogens (tertiary/aromatic N) is 5. The number of ether oxygens (including phenoxy) is 1. The molecular formula is C10H7N5O6. The van der Waals surface area contributed by atoms with Gasteiger partial charge in [0.1, 0.15) is 0 Å². The minimum Gasteiger partial charge on any atom is -0.465 e. The van der Waals surface area contributed by atoms with Crippen molar-refractivity contribution in [2.75, 3.05) is 7.11 Å². The third kappa shape index (κ3) is 2.65. The zero-order valence-electron chi connectivity index (χ0n) is 10.5. The normalized spacial score (nSPS) is 10.1. The lowest BCUT2D eigenvalue weighted by atomic mass is 10.2. The quantitative estimate of drug-likeness (QED) is 0.458. The number of methoxy groups -OCH3 is 1. The number of carbonyl (C=O) groups excluding carboxylic acids is 1. The lowest BCUT2D eigenvalue weighted by molar-refractivity contribution is -0.390. The second-order valence-electron chi connectivity index (χ2n) is 3.69. The Balaban J connectivity index is 2.54. The number of hydrogen-bond donors (Lipinski definition) is 0. The van der Waals surface area contributed by atoms with E-state index in [1.54, 1.807) is 0 Å². The second-order valence-corrected chi connectivity index (χ2v) is 3.69. The van der Waals surface area contributed by atoms with Crippen LogP contribution in [-0.4, -0.2) is 37.7 Å². The lowest BCUT2D eigenvalue weighted by Gasteiger charge is -2.01. The minimum atomic E-state index is -0.788. The van der Waals surface area contributed by atoms with E-state index < -0.39 is 27.3 Å². The largest absolute Gasteiger partial charge is 0.465 e. The van der Waals surface area contributed by atoms with Gasteiger partial charge in [-0.25, -0.2) is 9.78 Å². The standard InChI is InChI=1S/C10H7N5O6/c1-21-10(16)6-4-7(14(17)18)9(11-5-6)13-3-2-8(12-13)15(19)20/h2-5H,1H3. The second kappa shape index (κ2) is 5.32. The van der Waals surface area contributed by atoms with Crippen LogP contribution in [0.2, 0.25) is 0 Å². The Morgan fingerprint density at radius 3 is 2.57 bits per heavy atom. The number of nitro groups is 2. The van der Waals surface area contributed by atoms with Gasteiger partial charge in [-0.3, -0.25) is 10.1 Å². The summed E-state index contributed by atoms with van der Waals surface area (Å²) in [6.45, 7) is 0. The number of carbonyl (C=O) groups is 1. The van der Waals surface area contributed by atoms with Gasteiger partial charge in [0.25, 0.3) is 5.82 Å². The molecule has 0 amide bonds. The molecule has 0 aromatic carbocycles. The van der Waals surface area contributed by atoms with Gasteiger partial charge in [0.15, 0.2) is 0 Å². The van der Waals surface area contributed by atoms with Gasteiger partial charge in [-0.05, 0) is 4.92 Å². The van der Waals surface area contributed by atoms with Crippen LogP contribution in [0.1, 0.15) is 10.4 Å². The van der Waals surface area contributed by atoms with Crippen molar-refractivity contribution in [2.45, 2.75) is 0 Å². The van der Waals surface area contributed by atoms with Crippen LogP contribution in [0.5, 0.6) is 0 Å². The number of hydrogen-bond acceptors (Lipinski definition) is 8. The Morgan fingerprint density at radius 2 is 2.05 bits per heavy atom. The molecule has 0 unspecified atom stereocenters. The molecule has 0 aliphatic carbocycles. The molecule has 0 aliphatic heterocycles. The molecule has 2 aromatic heterocycles. The Hall–Kier alpha value is -3.37. The van der Waals surface area contributed by atoms with Crippen molar-refractivity contribution in [2.24, 2.45) is 0 Å². The van der Waals surface area contributed by atoms with Crippen LogP contribution in [0, 0.1) is 20.2 Å². The summed E-state index contributed by atoms with van der Waals surface area (Å²) in [7, 11) is 1.12. The maximum atomic E-state index is 11.3. The van der Waals surface area contributed by atoms with Crippen molar-refractivity contribution < 1.29 is 19.4 Å². The molecule has 0 fully saturated rings. The summed E-state index contributed by atoms with van der Waals surface area (Å²) in [5.41, 5.74) is -0.648. The molecule has 0 bridgehead atoms. The van der Waals surface area contributed by atoms with Gasteiger partial charge in [0.2, 0.25) is 0 Å². The van der Waals surface area contributed by atoms with E-state index in [4.69, 9.17) is 0 Å². The van der Waals surface area contributed by atoms with E-state index in [9.17, 15) is 25.0 Å². The van der Waals surface area contributed by atoms with Crippen molar-refractivity contribution in [3.63, 3.8) is 0 Å². The molecule has 21 heavy (non-hydrogen) atoms. The summed E-state index contributed by atoms with van der Waals surface area (Å²) in [6, 6.07) is 2.03. The van der Waals surface area contributed by atoms with Crippen LogP contribution in [0.25, 0.3) is 5.82 Å². The molecule has 2 heterocycles. The number of aromatic nitrogens is 3. The summed E-state index contributed by atoms with van der Waals surface area (Å²) >= 11 is 0. The fourth-order valence-electron chi connectivity index (χ4n) is 1.52. The maximum Gasteiger partial charge on any atom is 0.390 e. The van der Waals surface area contributed by atoms with Crippen LogP contribution in [-0.2, 0) is 4.74 Å². The Bertz CT molecular complexity index is 739. The van der Waals surface area contributed by atoms with Gasteiger partial charge >= 0.3 is 17.5 Å². The van der Waals surface area contributed by atoms with Crippen LogP contribution in [0.3, 0.4) is 0 Å². The Kier molecular flexibility index (Phi) is 3.56. The smallest absolute Gasteiger partial charge is 0.390 e. The van der Waals surface area contributed by atoms with Crippen molar-refractivity contribution in [3.05, 3.63) is 50.3 Å². The van der Waals surface area contributed by atoms with Crippen molar-refractivity contribution in [1.82, 2.24) is 14.8 Å². The average molecular weight is 293 g/mol. The van der Waals surface area contributed by atoms with Gasteiger partial charge in [-0.2, -0.15) is 0 Å². The number of pyridine rings is 1. The van der Waals surface area contributed by atoms with Crippen LogP contribution < -0.4 is 0 Å². The first-order valence-corrected chi connectivity index (χ1v) is 5.37. The van der Waals surface area contributed by atoms with Crippen molar-refractivity contribution >= 4 is 17.5 Å². The monoisotopic (exact) mass is 293 g/mol. The van der Waals surface area contributed by atoms with E-state index in [2.05, 4.69) is 14.8 Å². The summed E-state index contributed by atoms with van der Waals surface area (Å²) in [6.07, 6.45) is 2.22. The molecule has 2 rings (SSSR count). The highest BCUT2D eigenvalue weighted by Crippen LogP contribution is 2.22. The molecule has 0 atom stereocenters. The third-order valence-corrected chi connectivity index (χ3v) is 2.44. The van der Waals surface area contributed by atoms with Gasteiger partial charge in [0.05, 0.1) is 35.0 Å². The number of rotatable bonds is 4. The predicted molar refractivity (Wildman–Crippen MR) is 66.0 cm³/mol. The van der Waals surface area contributed by atoms with E-state index in [0.717, 1.165) is 36.3 Å². The van der Waals surface area contributed by atoms with E-state index in [1.165, 1.54) is 0 Å². The fraction of sp³-hybridized carbons (Fsp3) is 0.100. The molecular weight excluding hydrogens is 286 g/mol. The molecule has 0 N–H and O–H groups in total. The highest BCUT2D eigenvalue weighted by molar-refractivity contribution is 5.90. The van der Waals surface area contributed by atoms with Gasteiger partial charge in [-0.15, -0.1) is 4.68 Å². The molecule has 0 saturated heterocycles. The minimum absolute atomic E-state index is 0.116. The average Bonchev–Trinajstić information content (AvgIpc) is 2.95. The maximum absolute atomic E-state index is 11.3. The molecule has 11 heteroatoms. The molecule has 0 spiro atoms. The van der Waals surface area contributed by atoms with E-state index in [1.807, 2.05) is 0 Å². The van der Waals surface area contributed by atoms with Crippen LogP contribution in [0.15, 0.2) is 24.5 Å². The van der Waals surface area contributed by atoms with Crippen LogP contribution in [0.4, 0.5) is 11.5 Å². The van der Waals surface area contributed by atoms with Gasteiger partial charge < -0.3 is 14.9 Å². The van der Waals surface area contributed by atoms with Crippen molar-refractivity contribution in [3.8, 4) is 5.82 Å². The number of esters is 1. The summed E-state index contributed by atoms with van der Waals surface area (Å²) in [5, 5.41) is 25.2. The van der Waals surface area contributed by atoms with E-state index >= 15 is 0 Å². The summed E-state index contributed by atoms with van der Waals surface area (Å²) < 4.78 is 5.33. The molecule has 0 aliphatic rings. The zero-order chi connectivity index (χ0) is 15.6. The highest BCUT2D eigenvalue weighted by Gasteiger charge is 2.24. The first-order chi connectivity index (χ1) is 9.93. The van der Waals surface area contributed by atoms with E-state index in [0.29, 0.717) is 0 Å². The van der Waals surface area contributed by atoms with Crippen LogP contribution >= 0.6 is 0 Å². The zero-order valence-corrected chi connectivity index (χ0v) is 10.5. The topological polar surface area (TPSA) is 143 Å². The Labute approximate surface area is 116 Å². The first-order valence-electron chi connectivity index (χ1n) is 5.37. The molecule has 2 aromatic rings. The van der Waals surface area contributed by atoms with Gasteiger partial charge in [0, 0.05) is 12.3 Å². The summed E-state index contributed by atoms with van der Waals surface area (Å²) in [5.74, 6) is -1.52. The fourth-order valence-corrected chi connectivity index (χ4v) is 1.52. The SMILES string of the molecule is COC(=O)c1cnc(-n2ccc([N+](=O)[O-])n2)c([N+](=O)[O-])c1. The Morgan fingerprint density at radius 1 is 1.33 bits per heavy atom.